The molecule has 0 N–H and O–H groups in total. The van der Waals surface area contributed by atoms with Crippen molar-refractivity contribution in [2.75, 3.05) is 66.7 Å². The van der Waals surface area contributed by atoms with E-state index in [-0.39, 0.29) is 10.5 Å². The van der Waals surface area contributed by atoms with Crippen LogP contribution in [0, 0.1) is 0 Å². The molecule has 0 heterocycles. The van der Waals surface area contributed by atoms with Crippen LogP contribution in [0.25, 0.3) is 0 Å². The maximum atomic E-state index is 12.5. The number of hydrogen-bond donors (Lipinski definition) is 0. The second kappa shape index (κ2) is 24.4. The Morgan fingerprint density at radius 2 is 0.895 bits per heavy atom. The molecule has 0 atom stereocenters. The average Bonchev–Trinajstić information content (AvgIpc) is 2.95. The maximum Gasteiger partial charge on any atom is 0.500 e. The molecule has 0 aliphatic carbocycles. The van der Waals surface area contributed by atoms with Gasteiger partial charge >= 0.3 is 28.1 Å². The van der Waals surface area contributed by atoms with E-state index in [2.05, 4.69) is 0 Å². The molecule has 0 saturated heterocycles. The molecule has 0 spiro atoms. The summed E-state index contributed by atoms with van der Waals surface area (Å²) >= 11 is 5.71. The molecular formula is C18H40N2O8S8Si2. The molecule has 0 saturated carbocycles. The van der Waals surface area contributed by atoms with Gasteiger partial charge < -0.3 is 26.6 Å². The molecule has 38 heavy (non-hydrogen) atoms. The highest BCUT2D eigenvalue weighted by Gasteiger charge is 2.37. The Hall–Kier alpha value is 1.93. The van der Waals surface area contributed by atoms with Crippen molar-refractivity contribution < 1.29 is 36.1 Å². The number of hydrogen-bond acceptors (Lipinski definition) is 16. The number of carbonyl (C=O) groups is 2. The van der Waals surface area contributed by atoms with Crippen LogP contribution in [0.5, 0.6) is 0 Å². The lowest BCUT2D eigenvalue weighted by atomic mass is 10.4. The predicted molar refractivity (Wildman–Crippen MR) is 178 cm³/mol. The lowest BCUT2D eigenvalue weighted by molar-refractivity contribution is 0.122. The molecule has 10 nitrogen and oxygen atoms in total. The van der Waals surface area contributed by atoms with Gasteiger partial charge in [0.05, 0.1) is 0 Å². The minimum atomic E-state index is -2.54. The fourth-order valence-corrected chi connectivity index (χ4v) is 15.3. The Labute approximate surface area is 263 Å². The largest absolute Gasteiger partial charge is 0.500 e. The summed E-state index contributed by atoms with van der Waals surface area (Å²) in [6.07, 6.45) is 7.34. The van der Waals surface area contributed by atoms with Crippen molar-refractivity contribution in [3.05, 3.63) is 0 Å². The van der Waals surface area contributed by atoms with Gasteiger partial charge in [0.2, 0.25) is 0 Å². The Kier molecular flexibility index (Phi) is 25.6. The summed E-state index contributed by atoms with van der Waals surface area (Å²) in [5.41, 5.74) is 0. The minimum absolute atomic E-state index is 0.0682. The summed E-state index contributed by atoms with van der Waals surface area (Å²) in [6, 6.07) is 1.47. The van der Waals surface area contributed by atoms with Crippen molar-refractivity contribution >= 4 is 117 Å². The molecule has 0 radical (unpaired) electrons. The van der Waals surface area contributed by atoms with Crippen molar-refractivity contribution in [3.8, 4) is 0 Å². The zero-order chi connectivity index (χ0) is 28.9. The van der Waals surface area contributed by atoms with Gasteiger partial charge in [0.25, 0.3) is 0 Å². The lowest BCUT2D eigenvalue weighted by Crippen LogP contribution is -2.42. The summed E-state index contributed by atoms with van der Waals surface area (Å²) in [4.78, 5) is 25.1. The molecule has 0 aromatic carbocycles. The highest BCUT2D eigenvalue weighted by Crippen LogP contribution is 2.47. The van der Waals surface area contributed by atoms with Crippen LogP contribution in [0.1, 0.15) is 25.7 Å². The maximum absolute atomic E-state index is 12.5. The standard InChI is InChI=1S/C18H40N2O8S8Si2/c1-23-37(24-2,25-3)15-11-9-13-31-19(29-7)17(21)33-35-36-34-18(22)20(30-8)32-14-10-12-16-38(26-4,27-5)28-6/h9-16H2,1-8H3. The topological polar surface area (TPSA) is 96.0 Å². The third kappa shape index (κ3) is 16.0. The van der Waals surface area contributed by atoms with Gasteiger partial charge in [-0.25, -0.2) is 7.42 Å². The van der Waals surface area contributed by atoms with E-state index in [1.807, 2.05) is 12.5 Å². The van der Waals surface area contributed by atoms with Crippen LogP contribution >= 0.6 is 89.0 Å². The van der Waals surface area contributed by atoms with Crippen LogP contribution in [0.4, 0.5) is 9.59 Å². The Balaban J connectivity index is 4.19. The summed E-state index contributed by atoms with van der Waals surface area (Å²) in [6.45, 7) is 0. The molecule has 0 aromatic rings. The van der Waals surface area contributed by atoms with E-state index in [1.165, 1.54) is 67.4 Å². The van der Waals surface area contributed by atoms with Gasteiger partial charge in [0.15, 0.2) is 0 Å². The number of rotatable bonds is 23. The van der Waals surface area contributed by atoms with Crippen LogP contribution in [-0.2, 0) is 26.6 Å². The van der Waals surface area contributed by atoms with Crippen LogP contribution < -0.4 is 0 Å². The molecule has 0 fully saturated rings. The number of amides is 2. The van der Waals surface area contributed by atoms with E-state index >= 15 is 0 Å². The summed E-state index contributed by atoms with van der Waals surface area (Å²) < 4.78 is 35.9. The molecule has 0 aromatic heterocycles. The quantitative estimate of drug-likeness (QED) is 0.0446. The van der Waals surface area contributed by atoms with Gasteiger partial charge in [0.1, 0.15) is 0 Å². The van der Waals surface area contributed by atoms with Gasteiger partial charge in [-0.2, -0.15) is 0 Å². The van der Waals surface area contributed by atoms with E-state index in [4.69, 9.17) is 26.6 Å². The van der Waals surface area contributed by atoms with Gasteiger partial charge in [-0.1, -0.05) is 0 Å². The van der Waals surface area contributed by atoms with Crippen LogP contribution in [-0.4, -0.2) is 102 Å². The molecular weight excluding hydrogens is 685 g/mol. The zero-order valence-corrected chi connectivity index (χ0v) is 31.6. The first-order chi connectivity index (χ1) is 18.3. The van der Waals surface area contributed by atoms with E-state index < -0.39 is 17.6 Å². The third-order valence-corrected chi connectivity index (χ3v) is 20.8. The highest BCUT2D eigenvalue weighted by molar-refractivity contribution is 9.29. The first kappa shape index (κ1) is 39.9. The molecule has 0 rings (SSSR count). The molecule has 0 aliphatic heterocycles. The van der Waals surface area contributed by atoms with E-state index in [0.717, 1.165) is 70.9 Å². The van der Waals surface area contributed by atoms with Crippen molar-refractivity contribution in [3.63, 3.8) is 0 Å². The average molecular weight is 725 g/mol. The second-order valence-corrected chi connectivity index (χ2v) is 22.6. The molecule has 0 aliphatic rings. The fourth-order valence-electron chi connectivity index (χ4n) is 2.80. The van der Waals surface area contributed by atoms with Crippen molar-refractivity contribution in [2.24, 2.45) is 0 Å². The normalized spacial score (nSPS) is 12.1. The minimum Gasteiger partial charge on any atom is -0.377 e. The smallest absolute Gasteiger partial charge is 0.377 e. The fraction of sp³-hybridized carbons (Fsp3) is 0.889. The van der Waals surface area contributed by atoms with Gasteiger partial charge in [-0.3, -0.25) is 9.59 Å². The van der Waals surface area contributed by atoms with Crippen molar-refractivity contribution in [2.45, 2.75) is 37.8 Å². The summed E-state index contributed by atoms with van der Waals surface area (Å²) in [5.74, 6) is 1.59. The Morgan fingerprint density at radius 3 is 1.16 bits per heavy atom. The Morgan fingerprint density at radius 1 is 0.579 bits per heavy atom. The summed E-state index contributed by atoms with van der Waals surface area (Å²) in [7, 11) is 9.40. The van der Waals surface area contributed by atoms with Crippen LogP contribution in [0.3, 0.4) is 0 Å². The number of unbranched alkanes of at least 4 members (excludes halogenated alkanes) is 2. The first-order valence-electron chi connectivity index (χ1n) is 11.3. The van der Waals surface area contributed by atoms with E-state index in [9.17, 15) is 9.59 Å². The monoisotopic (exact) mass is 724 g/mol. The van der Waals surface area contributed by atoms with Gasteiger partial charge in [-0.05, 0) is 93.1 Å². The van der Waals surface area contributed by atoms with Crippen molar-refractivity contribution in [1.29, 1.82) is 0 Å². The number of nitrogens with zero attached hydrogens (tertiary/aromatic N) is 2. The molecule has 20 heteroatoms. The lowest BCUT2D eigenvalue weighted by Gasteiger charge is -2.24. The first-order valence-corrected chi connectivity index (χ1v) is 24.2. The molecule has 2 amide bonds. The van der Waals surface area contributed by atoms with Gasteiger partial charge in [-0.15, -0.1) is 0 Å². The number of carbonyl (C=O) groups excluding carboxylic acids is 2. The SMILES string of the molecule is CO[Si](CCCCSN(SC)C(=O)SSSSC(=O)N(SC)SCCCC[Si](OC)(OC)OC)(OC)OC. The molecule has 0 unspecified atom stereocenters. The van der Waals surface area contributed by atoms with Crippen LogP contribution in [0.2, 0.25) is 12.1 Å². The Bertz CT molecular complexity index is 577. The van der Waals surface area contributed by atoms with E-state index in [1.54, 1.807) is 50.1 Å². The molecule has 0 bridgehead atoms. The van der Waals surface area contributed by atoms with Gasteiger partial charge in [0, 0.05) is 100 Å². The third-order valence-electron chi connectivity index (χ3n) is 4.91. The van der Waals surface area contributed by atoms with E-state index in [0.29, 0.717) is 0 Å². The second-order valence-electron chi connectivity index (χ2n) is 6.89. The highest BCUT2D eigenvalue weighted by atomic mass is 33.7. The van der Waals surface area contributed by atoms with Crippen molar-refractivity contribution in [1.82, 2.24) is 7.42 Å². The zero-order valence-electron chi connectivity index (χ0n) is 23.1. The summed E-state index contributed by atoms with van der Waals surface area (Å²) in [5, 5.41) is -0.136. The van der Waals surface area contributed by atoms with Crippen LogP contribution in [0.15, 0.2) is 0 Å². The molecule has 226 valence electrons. The predicted octanol–water partition coefficient (Wildman–Crippen LogP) is 7.68.